The maximum atomic E-state index is 13.2. The summed E-state index contributed by atoms with van der Waals surface area (Å²) in [6, 6.07) is 11.4. The Balaban J connectivity index is 0.793. The smallest absolute Gasteiger partial charge is 0.297 e. The van der Waals surface area contributed by atoms with Gasteiger partial charge < -0.3 is 57.4 Å². The molecule has 2 aliphatic heterocycles. The third-order valence-electron chi connectivity index (χ3n) is 10.2. The van der Waals surface area contributed by atoms with Gasteiger partial charge in [-0.25, -0.2) is 0 Å². The molecule has 1 fully saturated rings. The maximum absolute atomic E-state index is 13.2. The number of carbonyl (C=O) groups is 5. The van der Waals surface area contributed by atoms with Gasteiger partial charge >= 0.3 is 0 Å². The van der Waals surface area contributed by atoms with Gasteiger partial charge in [-0.15, -0.1) is 0 Å². The minimum atomic E-state index is -3.78. The van der Waals surface area contributed by atoms with Gasteiger partial charge in [0, 0.05) is 19.4 Å². The number of anilines is 1. The van der Waals surface area contributed by atoms with Crippen molar-refractivity contribution in [2.75, 3.05) is 157 Å². The van der Waals surface area contributed by atoms with Gasteiger partial charge in [0.05, 0.1) is 167 Å². The monoisotopic (exact) mass is 1010 g/mol. The van der Waals surface area contributed by atoms with Crippen LogP contribution in [-0.2, 0) is 80.8 Å². The zero-order valence-corrected chi connectivity index (χ0v) is 40.6. The highest BCUT2D eigenvalue weighted by Crippen LogP contribution is 2.32. The number of nitrogens with zero attached hydrogens (tertiary/aromatic N) is 1. The SMILES string of the molecule is O=C1CCC(N2C(=O)c3cccc(NC(=O)CCCCCOCCOCCOCCOCCOCCOCCOCCOCCOCCOCCOCCOS(=O)(=O)c4ccccc4)c3C2=O)C(=O)N1. The Kier molecular flexibility index (Phi) is 29.7. The van der Waals surface area contributed by atoms with Crippen molar-refractivity contribution < 1.29 is 88.7 Å². The molecule has 2 N–H and O–H groups in total. The van der Waals surface area contributed by atoms with Crippen LogP contribution in [0.4, 0.5) is 5.69 Å². The highest BCUT2D eigenvalue weighted by molar-refractivity contribution is 7.86. The number of carbonyl (C=O) groups excluding carboxylic acids is 5. The molecule has 1 atom stereocenters. The molecule has 5 amide bonds. The predicted octanol–water partition coefficient (Wildman–Crippen LogP) is 2.17. The van der Waals surface area contributed by atoms with Crippen LogP contribution in [0.25, 0.3) is 0 Å². The molecule has 22 nitrogen and oxygen atoms in total. The van der Waals surface area contributed by atoms with E-state index in [9.17, 15) is 32.4 Å². The lowest BCUT2D eigenvalue weighted by molar-refractivity contribution is -0.136. The van der Waals surface area contributed by atoms with Crippen LogP contribution >= 0.6 is 0 Å². The van der Waals surface area contributed by atoms with Crippen molar-refractivity contribution >= 4 is 45.3 Å². The van der Waals surface area contributed by atoms with Gasteiger partial charge in [-0.05, 0) is 43.5 Å². The summed E-state index contributed by atoms with van der Waals surface area (Å²) in [7, 11) is -3.78. The first-order valence-electron chi connectivity index (χ1n) is 23.6. The number of hydrogen-bond acceptors (Lipinski definition) is 19. The lowest BCUT2D eigenvalue weighted by Gasteiger charge is -2.27. The fraction of sp³-hybridized carbons (Fsp3) is 0.638. The highest BCUT2D eigenvalue weighted by Gasteiger charge is 2.45. The molecule has 70 heavy (non-hydrogen) atoms. The largest absolute Gasteiger partial charge is 0.379 e. The molecule has 2 aromatic carbocycles. The maximum Gasteiger partial charge on any atom is 0.297 e. The number of ether oxygens (including phenoxy) is 11. The van der Waals surface area contributed by atoms with E-state index in [2.05, 4.69) is 10.6 Å². The Morgan fingerprint density at radius 2 is 0.971 bits per heavy atom. The van der Waals surface area contributed by atoms with Gasteiger partial charge in [-0.3, -0.25) is 38.4 Å². The van der Waals surface area contributed by atoms with Crippen LogP contribution in [0.1, 0.15) is 59.2 Å². The number of unbranched alkanes of at least 4 members (excludes halogenated alkanes) is 2. The van der Waals surface area contributed by atoms with E-state index < -0.39 is 39.8 Å². The average molecular weight is 1010 g/mol. The van der Waals surface area contributed by atoms with Crippen molar-refractivity contribution in [3.8, 4) is 0 Å². The van der Waals surface area contributed by atoms with Gasteiger partial charge in [-0.1, -0.05) is 30.7 Å². The lowest BCUT2D eigenvalue weighted by atomic mass is 10.0. The summed E-state index contributed by atoms with van der Waals surface area (Å²) in [6.07, 6.45) is 2.40. The molecule has 23 heteroatoms. The summed E-state index contributed by atoms with van der Waals surface area (Å²) in [4.78, 5) is 63.8. The minimum absolute atomic E-state index is 0.0220. The van der Waals surface area contributed by atoms with Gasteiger partial charge in [0.25, 0.3) is 21.9 Å². The third kappa shape index (κ3) is 23.3. The fourth-order valence-electron chi connectivity index (χ4n) is 6.66. The van der Waals surface area contributed by atoms with Crippen LogP contribution in [0.15, 0.2) is 53.4 Å². The number of hydrogen-bond donors (Lipinski definition) is 2. The number of piperidine rings is 1. The first-order valence-corrected chi connectivity index (χ1v) is 25.0. The molecule has 392 valence electrons. The zero-order valence-electron chi connectivity index (χ0n) is 39.8. The first kappa shape index (κ1) is 58.2. The van der Waals surface area contributed by atoms with E-state index in [1.165, 1.54) is 18.2 Å². The second-order valence-corrected chi connectivity index (χ2v) is 17.0. The molecule has 0 bridgehead atoms. The summed E-state index contributed by atoms with van der Waals surface area (Å²) in [5, 5.41) is 4.90. The molecule has 0 saturated carbocycles. The first-order chi connectivity index (χ1) is 34.2. The van der Waals surface area contributed by atoms with Crippen molar-refractivity contribution in [2.45, 2.75) is 49.5 Å². The second-order valence-electron chi connectivity index (χ2n) is 15.4. The zero-order chi connectivity index (χ0) is 49.9. The van der Waals surface area contributed by atoms with E-state index in [0.717, 1.165) is 17.7 Å². The second kappa shape index (κ2) is 35.7. The Labute approximate surface area is 409 Å². The quantitative estimate of drug-likeness (QED) is 0.0548. The number of rotatable bonds is 43. The average Bonchev–Trinajstić information content (AvgIpc) is 3.61. The molecular weight excluding hydrogens is 943 g/mol. The van der Waals surface area contributed by atoms with Crippen LogP contribution < -0.4 is 10.6 Å². The molecule has 0 aliphatic carbocycles. The predicted molar refractivity (Wildman–Crippen MR) is 249 cm³/mol. The summed E-state index contributed by atoms with van der Waals surface area (Å²) < 4.78 is 89.3. The Hall–Kier alpha value is -4.34. The van der Waals surface area contributed by atoms with Crippen LogP contribution in [0, 0.1) is 0 Å². The number of amides is 5. The number of nitrogens with one attached hydrogen (secondary N) is 2. The normalized spacial score (nSPS) is 14.9. The summed E-state index contributed by atoms with van der Waals surface area (Å²) >= 11 is 0. The van der Waals surface area contributed by atoms with Gasteiger partial charge in [-0.2, -0.15) is 8.42 Å². The van der Waals surface area contributed by atoms with E-state index in [-0.39, 0.29) is 60.1 Å². The molecule has 0 spiro atoms. The lowest BCUT2D eigenvalue weighted by Crippen LogP contribution is -2.54. The van der Waals surface area contributed by atoms with Crippen LogP contribution in [0.3, 0.4) is 0 Å². The topological polar surface area (TPSA) is 258 Å². The molecular formula is C47H69N3O19S. The molecule has 2 aromatic rings. The number of imide groups is 2. The fourth-order valence-corrected chi connectivity index (χ4v) is 7.57. The molecule has 0 aromatic heterocycles. The highest BCUT2D eigenvalue weighted by atomic mass is 32.2. The van der Waals surface area contributed by atoms with E-state index >= 15 is 0 Å². The van der Waals surface area contributed by atoms with Gasteiger partial charge in [0.1, 0.15) is 6.04 Å². The Morgan fingerprint density at radius 1 is 0.529 bits per heavy atom. The van der Waals surface area contributed by atoms with Crippen molar-refractivity contribution in [3.05, 3.63) is 59.7 Å². The summed E-state index contributed by atoms with van der Waals surface area (Å²) in [5.41, 5.74) is 0.362. The summed E-state index contributed by atoms with van der Waals surface area (Å²) in [6.45, 7) is 9.15. The van der Waals surface area contributed by atoms with E-state index in [0.29, 0.717) is 145 Å². The standard InChI is InChI=1S/C47H69N3O19S/c51-42(48-40-11-7-10-39-44(40)47(55)50(46(39)54)41-13-14-43(52)49-45(41)53)12-5-2-6-15-58-16-17-59-18-19-60-20-21-61-22-23-62-24-25-63-26-27-64-28-29-65-30-31-66-32-33-67-34-35-68-36-37-69-70(56,57)38-8-3-1-4-9-38/h1,3-4,7-11,41H,2,5-6,12-37H2,(H,48,51)(H,49,52,53). The van der Waals surface area contributed by atoms with E-state index in [1.807, 2.05) is 0 Å². The van der Waals surface area contributed by atoms with Crippen LogP contribution in [0.2, 0.25) is 0 Å². The van der Waals surface area contributed by atoms with Crippen molar-refractivity contribution in [3.63, 3.8) is 0 Å². The molecule has 4 rings (SSSR count). The van der Waals surface area contributed by atoms with E-state index in [4.69, 9.17) is 56.3 Å². The Morgan fingerprint density at radius 3 is 1.43 bits per heavy atom. The van der Waals surface area contributed by atoms with E-state index in [1.54, 1.807) is 30.3 Å². The van der Waals surface area contributed by atoms with Crippen molar-refractivity contribution in [1.82, 2.24) is 10.2 Å². The van der Waals surface area contributed by atoms with Crippen LogP contribution in [-0.4, -0.2) is 201 Å². The molecule has 2 aliphatic rings. The number of fused-ring (bicyclic) bond motifs is 1. The van der Waals surface area contributed by atoms with Gasteiger partial charge in [0.2, 0.25) is 17.7 Å². The van der Waals surface area contributed by atoms with Crippen molar-refractivity contribution in [1.29, 1.82) is 0 Å². The third-order valence-corrected chi connectivity index (χ3v) is 11.5. The molecule has 1 saturated heterocycles. The molecule has 1 unspecified atom stereocenters. The Bertz CT molecular complexity index is 1940. The summed E-state index contributed by atoms with van der Waals surface area (Å²) in [5.74, 6) is -2.75. The minimum Gasteiger partial charge on any atom is -0.379 e. The van der Waals surface area contributed by atoms with Crippen molar-refractivity contribution in [2.24, 2.45) is 0 Å². The molecule has 2 heterocycles. The van der Waals surface area contributed by atoms with Gasteiger partial charge in [0.15, 0.2) is 0 Å². The van der Waals surface area contributed by atoms with Crippen LogP contribution in [0.5, 0.6) is 0 Å². The number of benzene rings is 2. The molecule has 0 radical (unpaired) electrons.